The zero-order valence-corrected chi connectivity index (χ0v) is 11.3. The molecule has 8 heteroatoms. The van der Waals surface area contributed by atoms with Gasteiger partial charge in [-0.2, -0.15) is 0 Å². The molecule has 0 aliphatic rings. The fourth-order valence-corrected chi connectivity index (χ4v) is 2.02. The second-order valence-corrected chi connectivity index (χ2v) is 5.91. The van der Waals surface area contributed by atoms with Crippen molar-refractivity contribution in [2.45, 2.75) is 24.9 Å². The average molecular weight is 290 g/mol. The molecule has 0 aliphatic carbocycles. The van der Waals surface area contributed by atoms with E-state index < -0.39 is 9.05 Å². The predicted octanol–water partition coefficient (Wildman–Crippen LogP) is 0.122. The first-order chi connectivity index (χ1) is 8.38. The second kappa shape index (κ2) is 5.89. The smallest absolute Gasteiger partial charge is 0.280 e. The highest BCUT2D eigenvalue weighted by atomic mass is 35.7. The molecule has 0 atom stereocenters. The SMILES string of the molecule is C#CCNC(=O)Cn1cc(S(=O)(=O)Cl)nc1CC. The van der Waals surface area contributed by atoms with Crippen LogP contribution in [0.15, 0.2) is 11.2 Å². The Morgan fingerprint density at radius 1 is 1.67 bits per heavy atom. The van der Waals surface area contributed by atoms with Crippen LogP contribution < -0.4 is 5.32 Å². The van der Waals surface area contributed by atoms with Gasteiger partial charge in [0, 0.05) is 23.3 Å². The van der Waals surface area contributed by atoms with E-state index in [1.807, 2.05) is 0 Å². The molecule has 0 saturated carbocycles. The zero-order chi connectivity index (χ0) is 13.8. The molecule has 1 aromatic rings. The van der Waals surface area contributed by atoms with Crippen LogP contribution in [-0.4, -0.2) is 30.4 Å². The van der Waals surface area contributed by atoms with Gasteiger partial charge in [-0.15, -0.1) is 6.42 Å². The number of nitrogens with one attached hydrogen (secondary N) is 1. The van der Waals surface area contributed by atoms with Crippen molar-refractivity contribution >= 4 is 25.6 Å². The lowest BCUT2D eigenvalue weighted by Gasteiger charge is -2.05. The van der Waals surface area contributed by atoms with Crippen LogP contribution in [-0.2, 0) is 26.8 Å². The zero-order valence-electron chi connectivity index (χ0n) is 9.68. The van der Waals surface area contributed by atoms with E-state index in [-0.39, 0.29) is 24.0 Å². The standard InChI is InChI=1S/C10H12ClN3O3S/c1-3-5-12-9(15)6-14-7-10(18(11,16)17)13-8(14)4-2/h1,7H,4-6H2,2H3,(H,12,15). The van der Waals surface area contributed by atoms with Gasteiger partial charge in [-0.3, -0.25) is 4.79 Å². The third-order valence-corrected chi connectivity index (χ3v) is 3.28. The minimum absolute atomic E-state index is 0.0513. The molecule has 0 radical (unpaired) electrons. The summed E-state index contributed by atoms with van der Waals surface area (Å²) < 4.78 is 23.7. The maximum Gasteiger partial charge on any atom is 0.280 e. The first-order valence-corrected chi connectivity index (χ1v) is 7.40. The number of hydrogen-bond acceptors (Lipinski definition) is 4. The lowest BCUT2D eigenvalue weighted by atomic mass is 10.4. The van der Waals surface area contributed by atoms with Crippen LogP contribution in [0.5, 0.6) is 0 Å². The second-order valence-electron chi connectivity index (χ2n) is 3.40. The van der Waals surface area contributed by atoms with Crippen LogP contribution in [0.25, 0.3) is 0 Å². The molecule has 0 bridgehead atoms. The van der Waals surface area contributed by atoms with E-state index >= 15 is 0 Å². The number of hydrogen-bond donors (Lipinski definition) is 1. The number of halogens is 1. The van der Waals surface area contributed by atoms with Crippen molar-refractivity contribution < 1.29 is 13.2 Å². The Hall–Kier alpha value is -1.52. The van der Waals surface area contributed by atoms with Crippen LogP contribution in [0.4, 0.5) is 0 Å². The molecule has 0 aromatic carbocycles. The molecule has 6 nitrogen and oxygen atoms in total. The number of terminal acetylenes is 1. The third-order valence-electron chi connectivity index (χ3n) is 2.10. The number of carbonyl (C=O) groups excluding carboxylic acids is 1. The van der Waals surface area contributed by atoms with Gasteiger partial charge in [-0.25, -0.2) is 13.4 Å². The molecule has 1 amide bonds. The van der Waals surface area contributed by atoms with Gasteiger partial charge in [0.25, 0.3) is 9.05 Å². The highest BCUT2D eigenvalue weighted by molar-refractivity contribution is 8.13. The molecule has 0 saturated heterocycles. The monoisotopic (exact) mass is 289 g/mol. The van der Waals surface area contributed by atoms with Gasteiger partial charge in [0.15, 0.2) is 5.03 Å². The Kier molecular flexibility index (Phi) is 4.76. The van der Waals surface area contributed by atoms with Crippen molar-refractivity contribution in [3.63, 3.8) is 0 Å². The quantitative estimate of drug-likeness (QED) is 0.617. The average Bonchev–Trinajstić information content (AvgIpc) is 2.69. The van der Waals surface area contributed by atoms with E-state index in [1.54, 1.807) is 6.92 Å². The Balaban J connectivity index is 2.92. The maximum atomic E-state index is 11.5. The summed E-state index contributed by atoms with van der Waals surface area (Å²) in [7, 11) is 1.30. The summed E-state index contributed by atoms with van der Waals surface area (Å²) in [5.74, 6) is 2.41. The van der Waals surface area contributed by atoms with Crippen LogP contribution in [0.2, 0.25) is 0 Å². The Labute approximate surface area is 110 Å². The van der Waals surface area contributed by atoms with Gasteiger partial charge in [0.1, 0.15) is 12.4 Å². The molecule has 0 spiro atoms. The first-order valence-electron chi connectivity index (χ1n) is 5.09. The van der Waals surface area contributed by atoms with Crippen molar-refractivity contribution in [3.05, 3.63) is 12.0 Å². The fraction of sp³-hybridized carbons (Fsp3) is 0.400. The van der Waals surface area contributed by atoms with Gasteiger partial charge in [-0.05, 0) is 0 Å². The van der Waals surface area contributed by atoms with Crippen molar-refractivity contribution in [3.8, 4) is 12.3 Å². The van der Waals surface area contributed by atoms with Crippen LogP contribution in [0.3, 0.4) is 0 Å². The summed E-state index contributed by atoms with van der Waals surface area (Å²) in [5.41, 5.74) is 0. The summed E-state index contributed by atoms with van der Waals surface area (Å²) in [4.78, 5) is 15.3. The lowest BCUT2D eigenvalue weighted by Crippen LogP contribution is -2.28. The van der Waals surface area contributed by atoms with E-state index in [0.29, 0.717) is 12.2 Å². The number of aromatic nitrogens is 2. The molecular formula is C10H12ClN3O3S. The van der Waals surface area contributed by atoms with E-state index in [9.17, 15) is 13.2 Å². The Bertz CT molecular complexity index is 586. The van der Waals surface area contributed by atoms with Crippen LogP contribution >= 0.6 is 10.7 Å². The third kappa shape index (κ3) is 3.75. The molecule has 98 valence electrons. The summed E-state index contributed by atoms with van der Waals surface area (Å²) >= 11 is 0. The van der Waals surface area contributed by atoms with Crippen molar-refractivity contribution in [2.24, 2.45) is 0 Å². The molecule has 0 fully saturated rings. The number of aryl methyl sites for hydroxylation is 1. The first kappa shape index (κ1) is 14.5. The highest BCUT2D eigenvalue weighted by Gasteiger charge is 2.18. The number of carbonyl (C=O) groups is 1. The van der Waals surface area contributed by atoms with E-state index in [1.165, 1.54) is 10.8 Å². The number of nitrogens with zero attached hydrogens (tertiary/aromatic N) is 2. The topological polar surface area (TPSA) is 81.1 Å². The molecule has 1 heterocycles. The number of imidazole rings is 1. The number of amides is 1. The summed E-state index contributed by atoms with van der Waals surface area (Å²) in [6.07, 6.45) is 6.72. The minimum atomic E-state index is -3.89. The molecule has 0 unspecified atom stereocenters. The van der Waals surface area contributed by atoms with Crippen molar-refractivity contribution in [1.82, 2.24) is 14.9 Å². The van der Waals surface area contributed by atoms with Gasteiger partial charge >= 0.3 is 0 Å². The minimum Gasteiger partial charge on any atom is -0.344 e. The lowest BCUT2D eigenvalue weighted by molar-refractivity contribution is -0.121. The fourth-order valence-electron chi connectivity index (χ4n) is 1.32. The summed E-state index contributed by atoms with van der Waals surface area (Å²) in [5, 5.41) is 2.22. The molecule has 1 N–H and O–H groups in total. The normalized spacial score (nSPS) is 10.9. The molecule has 1 rings (SSSR count). The molecular weight excluding hydrogens is 278 g/mol. The van der Waals surface area contributed by atoms with Crippen LogP contribution in [0, 0.1) is 12.3 Å². The van der Waals surface area contributed by atoms with Crippen LogP contribution in [0.1, 0.15) is 12.7 Å². The van der Waals surface area contributed by atoms with Crippen molar-refractivity contribution in [2.75, 3.05) is 6.54 Å². The molecule has 0 aliphatic heterocycles. The van der Waals surface area contributed by atoms with Gasteiger partial charge in [0.2, 0.25) is 5.91 Å². The summed E-state index contributed by atoms with van der Waals surface area (Å²) in [6.45, 7) is 1.86. The predicted molar refractivity (Wildman–Crippen MR) is 66.5 cm³/mol. The van der Waals surface area contributed by atoms with Crippen molar-refractivity contribution in [1.29, 1.82) is 0 Å². The highest BCUT2D eigenvalue weighted by Crippen LogP contribution is 2.14. The largest absolute Gasteiger partial charge is 0.344 e. The van der Waals surface area contributed by atoms with Gasteiger partial charge in [0.05, 0.1) is 6.54 Å². The Morgan fingerprint density at radius 2 is 2.33 bits per heavy atom. The number of rotatable bonds is 5. The summed E-state index contributed by atoms with van der Waals surface area (Å²) in [6, 6.07) is 0. The maximum absolute atomic E-state index is 11.5. The molecule has 1 aromatic heterocycles. The van der Waals surface area contributed by atoms with Gasteiger partial charge < -0.3 is 9.88 Å². The molecule has 18 heavy (non-hydrogen) atoms. The van der Waals surface area contributed by atoms with E-state index in [4.69, 9.17) is 17.1 Å². The van der Waals surface area contributed by atoms with Gasteiger partial charge in [-0.1, -0.05) is 12.8 Å². The van der Waals surface area contributed by atoms with E-state index in [2.05, 4.69) is 16.2 Å². The van der Waals surface area contributed by atoms with E-state index in [0.717, 1.165) is 0 Å². The Morgan fingerprint density at radius 3 is 2.83 bits per heavy atom.